The van der Waals surface area contributed by atoms with Gasteiger partial charge in [-0.05, 0) is 87.0 Å². The van der Waals surface area contributed by atoms with Crippen LogP contribution in [0, 0.1) is 11.8 Å². The van der Waals surface area contributed by atoms with Gasteiger partial charge in [0.15, 0.2) is 5.82 Å². The molecular formula is C37H48N6O3. The van der Waals surface area contributed by atoms with Crippen molar-refractivity contribution < 1.29 is 14.3 Å². The molecule has 46 heavy (non-hydrogen) atoms. The molecule has 1 aliphatic carbocycles. The lowest BCUT2D eigenvalue weighted by Crippen LogP contribution is -2.44. The molecule has 9 nitrogen and oxygen atoms in total. The molecule has 1 atom stereocenters. The molecule has 0 unspecified atom stereocenters. The summed E-state index contributed by atoms with van der Waals surface area (Å²) in [6.45, 7) is 8.95. The van der Waals surface area contributed by atoms with Crippen LogP contribution in [-0.2, 0) is 13.6 Å². The molecule has 1 saturated carbocycles. The summed E-state index contributed by atoms with van der Waals surface area (Å²) >= 11 is 0. The fraction of sp³-hybridized carbons (Fsp3) is 0.541. The molecule has 1 N–H and O–H groups in total. The number of carbonyl (C=O) groups is 2. The molecule has 2 aliphatic heterocycles. The van der Waals surface area contributed by atoms with E-state index in [4.69, 9.17) is 9.72 Å². The number of methoxy groups -OCH3 is 1. The summed E-state index contributed by atoms with van der Waals surface area (Å²) in [5.41, 5.74) is 6.10. The molecule has 2 saturated heterocycles. The minimum atomic E-state index is 0.0433. The molecule has 9 heteroatoms. The van der Waals surface area contributed by atoms with Gasteiger partial charge in [-0.15, -0.1) is 0 Å². The first-order chi connectivity index (χ1) is 22.4. The smallest absolute Gasteiger partial charge is 0.317 e. The number of hydrogen-bond donors (Lipinski definition) is 1. The molecular weight excluding hydrogens is 576 g/mol. The maximum atomic E-state index is 13.7. The van der Waals surface area contributed by atoms with Gasteiger partial charge in [-0.3, -0.25) is 4.79 Å². The number of amides is 3. The van der Waals surface area contributed by atoms with Crippen molar-refractivity contribution in [3.8, 4) is 17.3 Å². The van der Waals surface area contributed by atoms with Crippen LogP contribution in [0.3, 0.4) is 0 Å². The van der Waals surface area contributed by atoms with Crippen LogP contribution in [0.2, 0.25) is 0 Å². The van der Waals surface area contributed by atoms with Crippen LogP contribution >= 0.6 is 0 Å². The molecule has 0 radical (unpaired) electrons. The van der Waals surface area contributed by atoms with E-state index in [0.717, 1.165) is 81.0 Å². The number of nitrogens with one attached hydrogen (secondary N) is 1. The number of urea groups is 1. The minimum absolute atomic E-state index is 0.0433. The Hall–Kier alpha value is -4.01. The first-order valence-electron chi connectivity index (χ1n) is 17.4. The molecule has 3 aliphatic rings. The number of benzene rings is 2. The van der Waals surface area contributed by atoms with Gasteiger partial charge in [0.25, 0.3) is 5.91 Å². The molecule has 0 spiro atoms. The largest absolute Gasteiger partial charge is 0.494 e. The Morgan fingerprint density at radius 1 is 0.957 bits per heavy atom. The van der Waals surface area contributed by atoms with Crippen LogP contribution in [0.1, 0.15) is 80.6 Å². The first-order valence-corrected chi connectivity index (χ1v) is 17.4. The molecule has 2 aromatic heterocycles. The summed E-state index contributed by atoms with van der Waals surface area (Å²) < 4.78 is 10.6. The van der Waals surface area contributed by atoms with Crippen LogP contribution < -0.4 is 10.1 Å². The number of nitrogens with zero attached hydrogens (tertiary/aromatic N) is 5. The van der Waals surface area contributed by atoms with E-state index in [1.165, 1.54) is 35.7 Å². The number of likely N-dealkylation sites (tertiary alicyclic amines) is 2. The van der Waals surface area contributed by atoms with Crippen LogP contribution in [-0.4, -0.2) is 75.7 Å². The number of carbonyl (C=O) groups excluding carboxylic acids is 2. The predicted octanol–water partition coefficient (Wildman–Crippen LogP) is 6.78. The summed E-state index contributed by atoms with van der Waals surface area (Å²) in [5, 5.41) is 4.18. The number of rotatable bonds is 8. The fourth-order valence-corrected chi connectivity index (χ4v) is 7.86. The van der Waals surface area contributed by atoms with Gasteiger partial charge < -0.3 is 29.0 Å². The molecule has 7 rings (SSSR count). The number of imidazole rings is 1. The van der Waals surface area contributed by atoms with Crippen molar-refractivity contribution in [2.75, 3.05) is 39.8 Å². The van der Waals surface area contributed by atoms with E-state index in [2.05, 4.69) is 52.7 Å². The first kappa shape index (κ1) is 30.6. The third kappa shape index (κ3) is 5.62. The van der Waals surface area contributed by atoms with Crippen molar-refractivity contribution in [1.82, 2.24) is 29.2 Å². The second-order valence-electron chi connectivity index (χ2n) is 13.7. The normalized spacial score (nSPS) is 19.3. The van der Waals surface area contributed by atoms with Crippen molar-refractivity contribution in [2.45, 2.75) is 71.3 Å². The Bertz CT molecular complexity index is 1760. The van der Waals surface area contributed by atoms with Crippen molar-refractivity contribution >= 4 is 33.9 Å². The summed E-state index contributed by atoms with van der Waals surface area (Å²) in [4.78, 5) is 35.4. The lowest BCUT2D eigenvalue weighted by atomic mass is 9.88. The van der Waals surface area contributed by atoms with E-state index < -0.39 is 0 Å². The maximum Gasteiger partial charge on any atom is 0.317 e. The number of aryl methyl sites for hydroxylation is 1. The Kier molecular flexibility index (Phi) is 8.42. The van der Waals surface area contributed by atoms with E-state index in [1.807, 2.05) is 28.9 Å². The highest BCUT2D eigenvalue weighted by Crippen LogP contribution is 2.41. The third-order valence-corrected chi connectivity index (χ3v) is 10.7. The molecule has 2 aromatic carbocycles. The molecule has 4 aromatic rings. The van der Waals surface area contributed by atoms with E-state index >= 15 is 0 Å². The fourth-order valence-electron chi connectivity index (χ4n) is 7.86. The third-order valence-electron chi connectivity index (χ3n) is 10.7. The van der Waals surface area contributed by atoms with Crippen LogP contribution in [0.25, 0.3) is 33.5 Å². The van der Waals surface area contributed by atoms with Crippen molar-refractivity contribution in [2.24, 2.45) is 18.9 Å². The monoisotopic (exact) mass is 624 g/mol. The molecule has 4 heterocycles. The van der Waals surface area contributed by atoms with E-state index in [1.54, 1.807) is 7.11 Å². The number of fused-ring (bicyclic) bond motifs is 2. The average Bonchev–Trinajstić information content (AvgIpc) is 3.75. The zero-order valence-electron chi connectivity index (χ0n) is 27.8. The van der Waals surface area contributed by atoms with Gasteiger partial charge in [-0.2, -0.15) is 0 Å². The number of hydrogen-bond acceptors (Lipinski definition) is 4. The highest BCUT2D eigenvalue weighted by Gasteiger charge is 2.31. The van der Waals surface area contributed by atoms with Gasteiger partial charge in [-0.1, -0.05) is 31.5 Å². The zero-order valence-corrected chi connectivity index (χ0v) is 27.8. The molecule has 3 fully saturated rings. The highest BCUT2D eigenvalue weighted by atomic mass is 16.5. The average molecular weight is 625 g/mol. The van der Waals surface area contributed by atoms with Crippen molar-refractivity contribution in [3.05, 3.63) is 47.5 Å². The Morgan fingerprint density at radius 3 is 2.48 bits per heavy atom. The number of piperidine rings is 2. The van der Waals surface area contributed by atoms with Crippen LogP contribution in [0.15, 0.2) is 36.4 Å². The summed E-state index contributed by atoms with van der Waals surface area (Å²) in [6.07, 6.45) is 7.76. The van der Waals surface area contributed by atoms with Crippen molar-refractivity contribution in [3.63, 3.8) is 0 Å². The maximum absolute atomic E-state index is 13.7. The van der Waals surface area contributed by atoms with E-state index in [9.17, 15) is 9.59 Å². The van der Waals surface area contributed by atoms with Gasteiger partial charge >= 0.3 is 6.03 Å². The Balaban J connectivity index is 1.28. The summed E-state index contributed by atoms with van der Waals surface area (Å²) in [6, 6.07) is 12.9. The Morgan fingerprint density at radius 2 is 1.76 bits per heavy atom. The SMILES string of the molecule is CCNC(=O)N1CCC(c2cccc3cc(-c4nc5cc(C(=O)N6CCC[C@@H](CC)C6)cc(OC)c5n4C)n(CC4CC4)c23)CC1. The lowest BCUT2D eigenvalue weighted by molar-refractivity contribution is 0.0671. The molecule has 3 amide bonds. The highest BCUT2D eigenvalue weighted by molar-refractivity contribution is 6.00. The number of para-hydroxylation sites is 1. The topological polar surface area (TPSA) is 84.6 Å². The number of aromatic nitrogens is 3. The molecule has 244 valence electrons. The van der Waals surface area contributed by atoms with Gasteiger partial charge in [0.2, 0.25) is 0 Å². The standard InChI is InChI=1S/C37H48N6O3/c1-5-24-9-8-16-42(22-24)36(44)28-19-30-34(32(21-28)46-4)40(3)35(39-30)31-20-27-10-7-11-29(33(27)43(31)23-25-12-13-25)26-14-17-41(18-15-26)37(45)38-6-2/h7,10-11,19-21,24-26H,5-6,8-9,12-18,22-23H2,1-4H3,(H,38,45)/t24-/m1/s1. The lowest BCUT2D eigenvalue weighted by Gasteiger charge is -2.32. The van der Waals surface area contributed by atoms with Crippen LogP contribution in [0.5, 0.6) is 5.75 Å². The van der Waals surface area contributed by atoms with E-state index in [0.29, 0.717) is 35.6 Å². The minimum Gasteiger partial charge on any atom is -0.494 e. The predicted molar refractivity (Wildman–Crippen MR) is 182 cm³/mol. The second kappa shape index (κ2) is 12.6. The quantitative estimate of drug-likeness (QED) is 0.234. The Labute approximate surface area is 271 Å². The molecule has 0 bridgehead atoms. The van der Waals surface area contributed by atoms with Gasteiger partial charge in [-0.25, -0.2) is 9.78 Å². The van der Waals surface area contributed by atoms with Gasteiger partial charge in [0.1, 0.15) is 11.3 Å². The summed E-state index contributed by atoms with van der Waals surface area (Å²) in [7, 11) is 3.74. The van der Waals surface area contributed by atoms with Gasteiger partial charge in [0, 0.05) is 57.3 Å². The van der Waals surface area contributed by atoms with E-state index in [-0.39, 0.29) is 11.9 Å². The second-order valence-corrected chi connectivity index (χ2v) is 13.7. The summed E-state index contributed by atoms with van der Waals surface area (Å²) in [5.74, 6) is 3.26. The zero-order chi connectivity index (χ0) is 31.9. The van der Waals surface area contributed by atoms with Gasteiger partial charge in [0.05, 0.1) is 23.8 Å². The number of ether oxygens (including phenoxy) is 1. The van der Waals surface area contributed by atoms with Crippen molar-refractivity contribution in [1.29, 1.82) is 0 Å². The van der Waals surface area contributed by atoms with Crippen LogP contribution in [0.4, 0.5) is 4.79 Å².